The molecule has 0 aliphatic heterocycles. The third-order valence-corrected chi connectivity index (χ3v) is 3.93. The smallest absolute Gasteiger partial charge is 0.323 e. The van der Waals surface area contributed by atoms with E-state index in [4.69, 9.17) is 5.11 Å². The fourth-order valence-corrected chi connectivity index (χ4v) is 2.77. The Morgan fingerprint density at radius 2 is 1.95 bits per heavy atom. The summed E-state index contributed by atoms with van der Waals surface area (Å²) in [6, 6.07) is 7.12. The number of thiazole rings is 1. The number of rotatable bonds is 6. The van der Waals surface area contributed by atoms with Gasteiger partial charge in [0.2, 0.25) is 0 Å². The number of aryl methyl sites for hydroxylation is 1. The van der Waals surface area contributed by atoms with Gasteiger partial charge in [0, 0.05) is 23.1 Å². The van der Waals surface area contributed by atoms with Gasteiger partial charge in [-0.15, -0.1) is 11.3 Å². The molecule has 0 unspecified atom stereocenters. The number of amides is 1. The number of aliphatic carboxylic acids is 1. The van der Waals surface area contributed by atoms with Crippen molar-refractivity contribution >= 4 is 23.2 Å². The molecule has 1 N–H and O–H groups in total. The minimum Gasteiger partial charge on any atom is -0.480 e. The number of nitrogens with zero attached hydrogens (tertiary/aromatic N) is 2. The van der Waals surface area contributed by atoms with E-state index in [1.54, 1.807) is 23.5 Å². The predicted molar refractivity (Wildman–Crippen MR) is 86.1 cm³/mol. The predicted octanol–water partition coefficient (Wildman–Crippen LogP) is 3.06. The summed E-state index contributed by atoms with van der Waals surface area (Å²) in [5.74, 6) is -1.26. The number of hydrogen-bond donors (Lipinski definition) is 1. The monoisotopic (exact) mass is 318 g/mol. The van der Waals surface area contributed by atoms with Gasteiger partial charge in [-0.05, 0) is 25.5 Å². The normalized spacial score (nSPS) is 10.5. The summed E-state index contributed by atoms with van der Waals surface area (Å²) in [7, 11) is 0. The first-order chi connectivity index (χ1) is 10.5. The van der Waals surface area contributed by atoms with E-state index in [0.29, 0.717) is 12.1 Å². The summed E-state index contributed by atoms with van der Waals surface area (Å²) in [6.45, 7) is 4.01. The van der Waals surface area contributed by atoms with E-state index in [1.807, 2.05) is 31.4 Å². The molecule has 6 heteroatoms. The Hall–Kier alpha value is -2.21. The van der Waals surface area contributed by atoms with Crippen LogP contribution in [-0.2, 0) is 4.79 Å². The van der Waals surface area contributed by atoms with Crippen molar-refractivity contribution in [1.29, 1.82) is 0 Å². The maximum absolute atomic E-state index is 12.4. The van der Waals surface area contributed by atoms with Crippen LogP contribution in [0.4, 0.5) is 0 Å². The van der Waals surface area contributed by atoms with Crippen molar-refractivity contribution in [3.63, 3.8) is 0 Å². The zero-order valence-electron chi connectivity index (χ0n) is 12.6. The van der Waals surface area contributed by atoms with Gasteiger partial charge in [-0.2, -0.15) is 0 Å². The third-order valence-electron chi connectivity index (χ3n) is 3.15. The highest BCUT2D eigenvalue weighted by Crippen LogP contribution is 2.22. The second kappa shape index (κ2) is 7.17. The van der Waals surface area contributed by atoms with Gasteiger partial charge in [0.05, 0.1) is 10.7 Å². The van der Waals surface area contributed by atoms with Gasteiger partial charge in [-0.3, -0.25) is 9.59 Å². The quantitative estimate of drug-likeness (QED) is 0.888. The number of carboxylic acids is 1. The van der Waals surface area contributed by atoms with E-state index in [0.717, 1.165) is 22.7 Å². The molecule has 0 bridgehead atoms. The topological polar surface area (TPSA) is 70.5 Å². The molecule has 1 aromatic carbocycles. The summed E-state index contributed by atoms with van der Waals surface area (Å²) < 4.78 is 0. The van der Waals surface area contributed by atoms with E-state index >= 15 is 0 Å². The molecule has 22 heavy (non-hydrogen) atoms. The van der Waals surface area contributed by atoms with E-state index in [-0.39, 0.29) is 12.5 Å². The van der Waals surface area contributed by atoms with Gasteiger partial charge in [0.1, 0.15) is 6.54 Å². The second-order valence-electron chi connectivity index (χ2n) is 4.95. The van der Waals surface area contributed by atoms with Gasteiger partial charge >= 0.3 is 5.97 Å². The Morgan fingerprint density at radius 1 is 1.27 bits per heavy atom. The van der Waals surface area contributed by atoms with E-state index in [2.05, 4.69) is 4.98 Å². The standard InChI is InChI=1S/C16H18N2O3S/c1-3-8-18(9-15(19)20)16(21)13-6-4-12(5-7-13)14-10-22-11(2)17-14/h4-7,10H,3,8-9H2,1-2H3,(H,19,20). The molecule has 0 aliphatic rings. The molecule has 0 spiro atoms. The fourth-order valence-electron chi connectivity index (χ4n) is 2.15. The summed E-state index contributed by atoms with van der Waals surface area (Å²) in [5.41, 5.74) is 2.32. The van der Waals surface area contributed by atoms with Crippen LogP contribution in [0.1, 0.15) is 28.7 Å². The number of carbonyl (C=O) groups is 2. The van der Waals surface area contributed by atoms with Crippen LogP contribution in [0, 0.1) is 6.92 Å². The first-order valence-corrected chi connectivity index (χ1v) is 7.93. The minimum absolute atomic E-state index is 0.259. The molecule has 1 aromatic heterocycles. The number of aromatic nitrogens is 1. The van der Waals surface area contributed by atoms with Crippen molar-refractivity contribution < 1.29 is 14.7 Å². The Labute approximate surface area is 133 Å². The highest BCUT2D eigenvalue weighted by molar-refractivity contribution is 7.09. The van der Waals surface area contributed by atoms with Crippen molar-refractivity contribution in [2.75, 3.05) is 13.1 Å². The zero-order valence-corrected chi connectivity index (χ0v) is 13.4. The van der Waals surface area contributed by atoms with Gasteiger partial charge in [0.15, 0.2) is 0 Å². The van der Waals surface area contributed by atoms with Gasteiger partial charge < -0.3 is 10.0 Å². The summed E-state index contributed by atoms with van der Waals surface area (Å²) in [5, 5.41) is 11.9. The van der Waals surface area contributed by atoms with Crippen molar-refractivity contribution in [2.24, 2.45) is 0 Å². The van der Waals surface area contributed by atoms with Crippen LogP contribution in [0.2, 0.25) is 0 Å². The molecule has 116 valence electrons. The fraction of sp³-hybridized carbons (Fsp3) is 0.312. The molecule has 0 saturated carbocycles. The second-order valence-corrected chi connectivity index (χ2v) is 6.01. The lowest BCUT2D eigenvalue weighted by Crippen LogP contribution is -2.36. The molecular weight excluding hydrogens is 300 g/mol. The summed E-state index contributed by atoms with van der Waals surface area (Å²) >= 11 is 1.58. The Morgan fingerprint density at radius 3 is 2.45 bits per heavy atom. The third kappa shape index (κ3) is 3.92. The van der Waals surface area contributed by atoms with Gasteiger partial charge in [0.25, 0.3) is 5.91 Å². The van der Waals surface area contributed by atoms with Crippen LogP contribution in [0.15, 0.2) is 29.6 Å². The number of carbonyl (C=O) groups excluding carboxylic acids is 1. The molecule has 2 aromatic rings. The number of hydrogen-bond acceptors (Lipinski definition) is 4. The Kier molecular flexibility index (Phi) is 5.27. The molecule has 2 rings (SSSR count). The minimum atomic E-state index is -1.00. The van der Waals surface area contributed by atoms with Crippen molar-refractivity contribution in [3.8, 4) is 11.3 Å². The number of benzene rings is 1. The number of carboxylic acid groups (broad SMARTS) is 1. The molecule has 0 radical (unpaired) electrons. The average Bonchev–Trinajstić information content (AvgIpc) is 2.92. The highest BCUT2D eigenvalue weighted by Gasteiger charge is 2.17. The lowest BCUT2D eigenvalue weighted by Gasteiger charge is -2.20. The van der Waals surface area contributed by atoms with Crippen molar-refractivity contribution in [3.05, 3.63) is 40.2 Å². The lowest BCUT2D eigenvalue weighted by atomic mass is 10.1. The zero-order chi connectivity index (χ0) is 16.1. The molecule has 0 fully saturated rings. The molecular formula is C16H18N2O3S. The molecule has 0 aliphatic carbocycles. The largest absolute Gasteiger partial charge is 0.480 e. The average molecular weight is 318 g/mol. The summed E-state index contributed by atoms with van der Waals surface area (Å²) in [6.07, 6.45) is 0.717. The van der Waals surface area contributed by atoms with Crippen LogP contribution < -0.4 is 0 Å². The lowest BCUT2D eigenvalue weighted by molar-refractivity contribution is -0.137. The molecule has 0 saturated heterocycles. The van der Waals surface area contributed by atoms with Crippen LogP contribution in [0.5, 0.6) is 0 Å². The summed E-state index contributed by atoms with van der Waals surface area (Å²) in [4.78, 5) is 29.0. The molecule has 5 nitrogen and oxygen atoms in total. The van der Waals surface area contributed by atoms with Crippen LogP contribution in [-0.4, -0.2) is 40.0 Å². The molecule has 0 atom stereocenters. The van der Waals surface area contributed by atoms with Gasteiger partial charge in [-0.1, -0.05) is 19.1 Å². The molecule has 1 heterocycles. The molecule has 1 amide bonds. The van der Waals surface area contributed by atoms with E-state index < -0.39 is 5.97 Å². The van der Waals surface area contributed by atoms with E-state index in [1.165, 1.54) is 4.90 Å². The maximum atomic E-state index is 12.4. The first-order valence-electron chi connectivity index (χ1n) is 7.05. The van der Waals surface area contributed by atoms with Crippen LogP contribution >= 0.6 is 11.3 Å². The Bertz CT molecular complexity index is 664. The van der Waals surface area contributed by atoms with Gasteiger partial charge in [-0.25, -0.2) is 4.98 Å². The SMILES string of the molecule is CCCN(CC(=O)O)C(=O)c1ccc(-c2csc(C)n2)cc1. The first kappa shape index (κ1) is 16.2. The Balaban J connectivity index is 2.17. The highest BCUT2D eigenvalue weighted by atomic mass is 32.1. The van der Waals surface area contributed by atoms with Crippen molar-refractivity contribution in [1.82, 2.24) is 9.88 Å². The van der Waals surface area contributed by atoms with Crippen LogP contribution in [0.3, 0.4) is 0 Å². The van der Waals surface area contributed by atoms with Crippen molar-refractivity contribution in [2.45, 2.75) is 20.3 Å². The van der Waals surface area contributed by atoms with Crippen LogP contribution in [0.25, 0.3) is 11.3 Å². The maximum Gasteiger partial charge on any atom is 0.323 e. The van der Waals surface area contributed by atoms with E-state index in [9.17, 15) is 9.59 Å².